The summed E-state index contributed by atoms with van der Waals surface area (Å²) in [5.41, 5.74) is 7.24. The zero-order chi connectivity index (χ0) is 16.2. The lowest BCUT2D eigenvalue weighted by atomic mass is 9.78. The second-order valence-corrected chi connectivity index (χ2v) is 6.80. The number of carbonyl (C=O) groups excluding carboxylic acids is 1. The summed E-state index contributed by atoms with van der Waals surface area (Å²) in [5, 5.41) is 3.00. The van der Waals surface area contributed by atoms with Crippen molar-refractivity contribution < 1.29 is 9.53 Å². The minimum atomic E-state index is 0. The molecule has 0 bridgehead atoms. The van der Waals surface area contributed by atoms with Crippen molar-refractivity contribution in [3.8, 4) is 5.75 Å². The van der Waals surface area contributed by atoms with Gasteiger partial charge in [0.05, 0.1) is 13.7 Å². The van der Waals surface area contributed by atoms with Crippen molar-refractivity contribution in [2.75, 3.05) is 26.7 Å². The molecule has 2 fully saturated rings. The van der Waals surface area contributed by atoms with E-state index in [1.54, 1.807) is 7.11 Å². The number of hydrogen-bond donors (Lipinski definition) is 2. The summed E-state index contributed by atoms with van der Waals surface area (Å²) in [4.78, 5) is 14.5. The molecule has 1 aliphatic heterocycles. The van der Waals surface area contributed by atoms with E-state index in [2.05, 4.69) is 10.2 Å². The third-order valence-electron chi connectivity index (χ3n) is 5.27. The lowest BCUT2D eigenvalue weighted by Crippen LogP contribution is -2.39. The number of benzene rings is 1. The zero-order valence-corrected chi connectivity index (χ0v) is 15.1. The van der Waals surface area contributed by atoms with Crippen molar-refractivity contribution in [3.63, 3.8) is 0 Å². The standard InChI is InChI=1S/C18H27N3O2.ClH/c1-23-17-8-3-2-5-13(17)9-20-18(22)12-21-10-14-6-4-7-16(19)15(14)11-21;/h2-3,5,8,14-16H,4,6-7,9-12,19H2,1H3,(H,20,22);1H. The Hall–Kier alpha value is -1.30. The summed E-state index contributed by atoms with van der Waals surface area (Å²) < 4.78 is 5.31. The molecule has 0 aromatic heterocycles. The van der Waals surface area contributed by atoms with Gasteiger partial charge in [-0.3, -0.25) is 9.69 Å². The summed E-state index contributed by atoms with van der Waals surface area (Å²) in [6.45, 7) is 2.95. The average molecular weight is 354 g/mol. The normalized spacial score (nSPS) is 26.3. The van der Waals surface area contributed by atoms with Crippen LogP contribution in [0.25, 0.3) is 0 Å². The number of nitrogens with two attached hydrogens (primary N) is 1. The van der Waals surface area contributed by atoms with E-state index in [1.165, 1.54) is 12.8 Å². The van der Waals surface area contributed by atoms with E-state index in [9.17, 15) is 4.79 Å². The molecular formula is C18H28ClN3O2. The number of amides is 1. The van der Waals surface area contributed by atoms with Crippen molar-refractivity contribution in [1.82, 2.24) is 10.2 Å². The number of rotatable bonds is 5. The highest BCUT2D eigenvalue weighted by Gasteiger charge is 2.38. The van der Waals surface area contributed by atoms with E-state index >= 15 is 0 Å². The first-order chi connectivity index (χ1) is 11.2. The first-order valence-corrected chi connectivity index (χ1v) is 8.54. The van der Waals surface area contributed by atoms with E-state index in [0.29, 0.717) is 31.0 Å². The van der Waals surface area contributed by atoms with Crippen LogP contribution in [0.15, 0.2) is 24.3 Å². The van der Waals surface area contributed by atoms with Gasteiger partial charge in [-0.25, -0.2) is 0 Å². The molecule has 5 nitrogen and oxygen atoms in total. The van der Waals surface area contributed by atoms with E-state index in [4.69, 9.17) is 10.5 Å². The maximum Gasteiger partial charge on any atom is 0.234 e. The molecule has 1 saturated carbocycles. The third kappa shape index (κ3) is 4.41. The number of para-hydroxylation sites is 1. The van der Waals surface area contributed by atoms with Gasteiger partial charge in [0.1, 0.15) is 5.75 Å². The van der Waals surface area contributed by atoms with Crippen LogP contribution in [0.1, 0.15) is 24.8 Å². The van der Waals surface area contributed by atoms with Crippen LogP contribution in [-0.4, -0.2) is 43.6 Å². The van der Waals surface area contributed by atoms with E-state index in [1.807, 2.05) is 24.3 Å². The van der Waals surface area contributed by atoms with Crippen LogP contribution in [0, 0.1) is 11.8 Å². The average Bonchev–Trinajstić information content (AvgIpc) is 2.97. The fraction of sp³-hybridized carbons (Fsp3) is 0.611. The van der Waals surface area contributed by atoms with Crippen LogP contribution in [0.3, 0.4) is 0 Å². The van der Waals surface area contributed by atoms with E-state index < -0.39 is 0 Å². The molecule has 134 valence electrons. The first-order valence-electron chi connectivity index (χ1n) is 8.54. The van der Waals surface area contributed by atoms with Gasteiger partial charge in [-0.15, -0.1) is 12.4 Å². The predicted molar refractivity (Wildman–Crippen MR) is 97.3 cm³/mol. The Labute approximate surface area is 150 Å². The summed E-state index contributed by atoms with van der Waals surface area (Å²) in [6, 6.07) is 8.09. The summed E-state index contributed by atoms with van der Waals surface area (Å²) in [6.07, 6.45) is 3.63. The third-order valence-corrected chi connectivity index (χ3v) is 5.27. The molecule has 6 heteroatoms. The molecule has 1 heterocycles. The van der Waals surface area contributed by atoms with Gasteiger partial charge in [0.25, 0.3) is 0 Å². The number of carbonyl (C=O) groups is 1. The molecule has 1 saturated heterocycles. The molecule has 0 spiro atoms. The Morgan fingerprint density at radius 3 is 2.88 bits per heavy atom. The molecule has 1 aromatic carbocycles. The van der Waals surface area contributed by atoms with E-state index in [-0.39, 0.29) is 18.3 Å². The Bertz CT molecular complexity index is 555. The van der Waals surface area contributed by atoms with Gasteiger partial charge in [-0.2, -0.15) is 0 Å². The molecule has 3 atom stereocenters. The summed E-state index contributed by atoms with van der Waals surface area (Å²) in [5.74, 6) is 2.14. The molecule has 2 aliphatic rings. The highest BCUT2D eigenvalue weighted by Crippen LogP contribution is 2.35. The van der Waals surface area contributed by atoms with Gasteiger partial charge in [0.2, 0.25) is 5.91 Å². The lowest BCUT2D eigenvalue weighted by molar-refractivity contribution is -0.122. The Morgan fingerprint density at radius 1 is 1.33 bits per heavy atom. The van der Waals surface area contributed by atoms with Crippen LogP contribution in [0.4, 0.5) is 0 Å². The van der Waals surface area contributed by atoms with Crippen LogP contribution in [-0.2, 0) is 11.3 Å². The van der Waals surface area contributed by atoms with Crippen molar-refractivity contribution in [1.29, 1.82) is 0 Å². The minimum Gasteiger partial charge on any atom is -0.496 e. The fourth-order valence-corrected chi connectivity index (χ4v) is 4.04. The smallest absolute Gasteiger partial charge is 0.234 e. The second-order valence-electron chi connectivity index (χ2n) is 6.80. The Kier molecular flexibility index (Phi) is 6.90. The number of likely N-dealkylation sites (tertiary alicyclic amines) is 1. The number of halogens is 1. The SMILES string of the molecule is COc1ccccc1CNC(=O)CN1CC2CCCC(N)C2C1.Cl. The largest absolute Gasteiger partial charge is 0.496 e. The first kappa shape index (κ1) is 19.0. The van der Waals surface area contributed by atoms with Gasteiger partial charge < -0.3 is 15.8 Å². The maximum atomic E-state index is 12.2. The number of hydrogen-bond acceptors (Lipinski definition) is 4. The van der Waals surface area contributed by atoms with Crippen LogP contribution >= 0.6 is 12.4 Å². The zero-order valence-electron chi connectivity index (χ0n) is 14.2. The van der Waals surface area contributed by atoms with E-state index in [0.717, 1.165) is 30.8 Å². The number of ether oxygens (including phenoxy) is 1. The topological polar surface area (TPSA) is 67.6 Å². The number of fused-ring (bicyclic) bond motifs is 1. The Balaban J connectivity index is 0.00000208. The molecule has 24 heavy (non-hydrogen) atoms. The van der Waals surface area contributed by atoms with Crippen molar-refractivity contribution in [2.45, 2.75) is 31.8 Å². The lowest BCUT2D eigenvalue weighted by Gasteiger charge is -2.29. The molecule has 3 rings (SSSR count). The molecule has 1 aromatic rings. The monoisotopic (exact) mass is 353 g/mol. The Morgan fingerprint density at radius 2 is 2.12 bits per heavy atom. The van der Waals surface area contributed by atoms with Crippen LogP contribution in [0.2, 0.25) is 0 Å². The number of nitrogens with one attached hydrogen (secondary N) is 1. The number of nitrogens with zero attached hydrogens (tertiary/aromatic N) is 1. The summed E-state index contributed by atoms with van der Waals surface area (Å²) >= 11 is 0. The quantitative estimate of drug-likeness (QED) is 0.847. The van der Waals surface area contributed by atoms with Gasteiger partial charge in [0, 0.05) is 31.2 Å². The van der Waals surface area contributed by atoms with Crippen LogP contribution in [0.5, 0.6) is 5.75 Å². The van der Waals surface area contributed by atoms with Crippen molar-refractivity contribution in [2.24, 2.45) is 17.6 Å². The molecule has 3 N–H and O–H groups in total. The van der Waals surface area contributed by atoms with Crippen LogP contribution < -0.4 is 15.8 Å². The van der Waals surface area contributed by atoms with Gasteiger partial charge in [-0.05, 0) is 30.7 Å². The highest BCUT2D eigenvalue weighted by atomic mass is 35.5. The van der Waals surface area contributed by atoms with Gasteiger partial charge >= 0.3 is 0 Å². The summed E-state index contributed by atoms with van der Waals surface area (Å²) in [7, 11) is 1.65. The maximum absolute atomic E-state index is 12.2. The molecule has 3 unspecified atom stereocenters. The molecular weight excluding hydrogens is 326 g/mol. The highest BCUT2D eigenvalue weighted by molar-refractivity contribution is 5.85. The van der Waals surface area contributed by atoms with Gasteiger partial charge in [-0.1, -0.05) is 24.6 Å². The fourth-order valence-electron chi connectivity index (χ4n) is 4.04. The number of methoxy groups -OCH3 is 1. The van der Waals surface area contributed by atoms with Crippen molar-refractivity contribution >= 4 is 18.3 Å². The minimum absolute atomic E-state index is 0. The predicted octanol–water partition coefficient (Wildman–Crippen LogP) is 1.79. The molecule has 0 radical (unpaired) electrons. The molecule has 1 amide bonds. The van der Waals surface area contributed by atoms with Gasteiger partial charge in [0.15, 0.2) is 0 Å². The second kappa shape index (κ2) is 8.70. The molecule has 1 aliphatic carbocycles. The van der Waals surface area contributed by atoms with Crippen molar-refractivity contribution in [3.05, 3.63) is 29.8 Å².